The van der Waals surface area contributed by atoms with Crippen LogP contribution in [0.3, 0.4) is 0 Å². The van der Waals surface area contributed by atoms with Gasteiger partial charge in [0.25, 0.3) is 0 Å². The average Bonchev–Trinajstić information content (AvgIpc) is 3.19. The number of nitrogens with zero attached hydrogens (tertiary/aromatic N) is 1. The molecular formula is C29H29NO6. The van der Waals surface area contributed by atoms with Crippen LogP contribution < -0.4 is 0 Å². The molecule has 0 aliphatic heterocycles. The predicted molar refractivity (Wildman–Crippen MR) is 134 cm³/mol. The molecule has 3 aromatic rings. The molecule has 7 heteroatoms. The van der Waals surface area contributed by atoms with Gasteiger partial charge in [0.15, 0.2) is 0 Å². The van der Waals surface area contributed by atoms with Crippen LogP contribution in [-0.4, -0.2) is 47.7 Å². The van der Waals surface area contributed by atoms with Crippen LogP contribution in [-0.2, 0) is 24.7 Å². The molecule has 1 N–H and O–H groups in total. The third-order valence-electron chi connectivity index (χ3n) is 6.57. The topological polar surface area (TPSA) is 93.1 Å². The number of likely N-dealkylation sites (N-methyl/N-ethyl adjacent to an activating group) is 1. The molecule has 1 aliphatic carbocycles. The van der Waals surface area contributed by atoms with Gasteiger partial charge < -0.3 is 14.6 Å². The number of hydrogen-bond donors (Lipinski definition) is 1. The van der Waals surface area contributed by atoms with Crippen LogP contribution in [0.25, 0.3) is 11.1 Å². The Kier molecular flexibility index (Phi) is 7.10. The number of benzene rings is 3. The fourth-order valence-electron chi connectivity index (χ4n) is 4.60. The van der Waals surface area contributed by atoms with Crippen LogP contribution in [0, 0.1) is 0 Å². The van der Waals surface area contributed by atoms with Crippen molar-refractivity contribution in [3.8, 4) is 11.1 Å². The van der Waals surface area contributed by atoms with Crippen molar-refractivity contribution in [3.05, 3.63) is 95.6 Å². The zero-order valence-electron chi connectivity index (χ0n) is 20.5. The van der Waals surface area contributed by atoms with Crippen molar-refractivity contribution in [2.45, 2.75) is 37.8 Å². The van der Waals surface area contributed by atoms with E-state index in [0.717, 1.165) is 32.7 Å². The molecular weight excluding hydrogens is 458 g/mol. The smallest absolute Gasteiger partial charge is 0.410 e. The van der Waals surface area contributed by atoms with Crippen molar-refractivity contribution in [1.82, 2.24) is 4.90 Å². The number of ether oxygens (including phenoxy) is 2. The first-order valence-electron chi connectivity index (χ1n) is 11.8. The number of aliphatic carboxylic acids is 1. The fraction of sp³-hybridized carbons (Fsp3) is 0.276. The monoisotopic (exact) mass is 487 g/mol. The lowest BCUT2D eigenvalue weighted by Gasteiger charge is -2.28. The molecule has 0 bridgehead atoms. The third kappa shape index (κ3) is 5.10. The van der Waals surface area contributed by atoms with Crippen LogP contribution in [0.2, 0.25) is 0 Å². The van der Waals surface area contributed by atoms with Gasteiger partial charge in [-0.25, -0.2) is 9.59 Å². The number of carboxylic acids is 1. The molecule has 186 valence electrons. The molecule has 3 aromatic carbocycles. The summed E-state index contributed by atoms with van der Waals surface area (Å²) in [4.78, 5) is 38.4. The van der Waals surface area contributed by atoms with Gasteiger partial charge in [0, 0.05) is 13.0 Å². The summed E-state index contributed by atoms with van der Waals surface area (Å²) in [6.07, 6.45) is -1.33. The molecule has 4 rings (SSSR count). The predicted octanol–water partition coefficient (Wildman–Crippen LogP) is 5.19. The normalized spacial score (nSPS) is 13.3. The van der Waals surface area contributed by atoms with E-state index in [2.05, 4.69) is 0 Å². The summed E-state index contributed by atoms with van der Waals surface area (Å²) in [6, 6.07) is 23.6. The van der Waals surface area contributed by atoms with Gasteiger partial charge in [0.2, 0.25) is 0 Å². The van der Waals surface area contributed by atoms with E-state index in [-0.39, 0.29) is 12.5 Å². The fourth-order valence-corrected chi connectivity index (χ4v) is 4.60. The van der Waals surface area contributed by atoms with E-state index in [1.807, 2.05) is 78.9 Å². The highest BCUT2D eigenvalue weighted by atomic mass is 16.6. The Balaban J connectivity index is 1.41. The van der Waals surface area contributed by atoms with E-state index in [0.29, 0.717) is 0 Å². The van der Waals surface area contributed by atoms with Gasteiger partial charge in [0.1, 0.15) is 18.2 Å². The quantitative estimate of drug-likeness (QED) is 0.440. The summed E-state index contributed by atoms with van der Waals surface area (Å²) in [5.41, 5.74) is 4.11. The number of amides is 1. The van der Waals surface area contributed by atoms with Gasteiger partial charge in [-0.2, -0.15) is 0 Å². The molecule has 0 unspecified atom stereocenters. The molecule has 0 heterocycles. The Morgan fingerprint density at radius 2 is 1.42 bits per heavy atom. The molecule has 0 fully saturated rings. The van der Waals surface area contributed by atoms with E-state index in [1.54, 1.807) is 13.8 Å². The summed E-state index contributed by atoms with van der Waals surface area (Å²) in [5.74, 6) is -2.20. The molecule has 1 aliphatic rings. The average molecular weight is 488 g/mol. The lowest BCUT2D eigenvalue weighted by molar-refractivity contribution is -0.162. The second-order valence-electron chi connectivity index (χ2n) is 9.32. The molecule has 0 radical (unpaired) electrons. The molecule has 0 saturated carbocycles. The third-order valence-corrected chi connectivity index (χ3v) is 6.57. The first-order valence-corrected chi connectivity index (χ1v) is 11.8. The van der Waals surface area contributed by atoms with E-state index >= 15 is 0 Å². The van der Waals surface area contributed by atoms with Gasteiger partial charge in [0.05, 0.1) is 6.42 Å². The highest BCUT2D eigenvalue weighted by Crippen LogP contribution is 2.44. The van der Waals surface area contributed by atoms with E-state index in [9.17, 15) is 19.5 Å². The minimum absolute atomic E-state index is 0.0506. The van der Waals surface area contributed by atoms with Crippen LogP contribution >= 0.6 is 0 Å². The van der Waals surface area contributed by atoms with Gasteiger partial charge in [-0.1, -0.05) is 78.9 Å². The van der Waals surface area contributed by atoms with Crippen LogP contribution in [0.15, 0.2) is 78.9 Å². The van der Waals surface area contributed by atoms with Crippen LogP contribution in [0.4, 0.5) is 4.79 Å². The number of esters is 1. The number of carboxylic acid groups (broad SMARTS) is 1. The maximum atomic E-state index is 12.8. The van der Waals surface area contributed by atoms with Gasteiger partial charge in [-0.3, -0.25) is 9.69 Å². The van der Waals surface area contributed by atoms with E-state index in [4.69, 9.17) is 9.47 Å². The van der Waals surface area contributed by atoms with Crippen LogP contribution in [0.1, 0.15) is 42.9 Å². The minimum Gasteiger partial charge on any atom is -0.480 e. The second kappa shape index (κ2) is 10.2. The van der Waals surface area contributed by atoms with Crippen LogP contribution in [0.5, 0.6) is 0 Å². The lowest BCUT2D eigenvalue weighted by Crippen LogP contribution is -2.45. The van der Waals surface area contributed by atoms with Crippen molar-refractivity contribution in [2.24, 2.45) is 0 Å². The zero-order valence-corrected chi connectivity index (χ0v) is 20.5. The molecule has 0 aromatic heterocycles. The summed E-state index contributed by atoms with van der Waals surface area (Å²) >= 11 is 0. The maximum absolute atomic E-state index is 12.8. The molecule has 36 heavy (non-hydrogen) atoms. The maximum Gasteiger partial charge on any atom is 0.410 e. The highest BCUT2D eigenvalue weighted by Gasteiger charge is 2.35. The summed E-state index contributed by atoms with van der Waals surface area (Å²) < 4.78 is 11.1. The largest absolute Gasteiger partial charge is 0.480 e. The van der Waals surface area contributed by atoms with Crippen molar-refractivity contribution < 1.29 is 29.0 Å². The molecule has 1 atom stereocenters. The number of carbonyl (C=O) groups is 3. The van der Waals surface area contributed by atoms with Gasteiger partial charge in [-0.15, -0.1) is 0 Å². The summed E-state index contributed by atoms with van der Waals surface area (Å²) in [6.45, 7) is 3.51. The number of hydrogen-bond acceptors (Lipinski definition) is 5. The van der Waals surface area contributed by atoms with E-state index in [1.165, 1.54) is 7.05 Å². The van der Waals surface area contributed by atoms with Gasteiger partial charge >= 0.3 is 18.0 Å². The summed E-state index contributed by atoms with van der Waals surface area (Å²) in [7, 11) is 1.31. The number of fused-ring (bicyclic) bond motifs is 3. The molecule has 7 nitrogen and oxygen atoms in total. The zero-order chi connectivity index (χ0) is 25.9. The van der Waals surface area contributed by atoms with Crippen molar-refractivity contribution in [1.29, 1.82) is 0 Å². The second-order valence-corrected chi connectivity index (χ2v) is 9.32. The SMILES string of the molecule is CN(C(=O)OCC1c2ccccc2-c2ccccc21)[C@@H](CC(=O)OC(C)(C)c1ccccc1)C(=O)O. The standard InChI is InChI=1S/C29H29NO6/c1-29(2,19-11-5-4-6-12-19)36-26(31)17-25(27(32)33)30(3)28(34)35-18-24-22-15-9-7-13-20(22)21-14-8-10-16-23(21)24/h4-16,24-25H,17-18H2,1-3H3,(H,32,33)/t25-/m0/s1. The Morgan fingerprint density at radius 3 is 1.97 bits per heavy atom. The highest BCUT2D eigenvalue weighted by molar-refractivity contribution is 5.85. The Hall–Kier alpha value is -4.13. The molecule has 0 saturated heterocycles. The minimum atomic E-state index is -1.43. The molecule has 0 spiro atoms. The van der Waals surface area contributed by atoms with Crippen molar-refractivity contribution in [2.75, 3.05) is 13.7 Å². The van der Waals surface area contributed by atoms with E-state index < -0.39 is 36.1 Å². The van der Waals surface area contributed by atoms with Crippen molar-refractivity contribution >= 4 is 18.0 Å². The number of carbonyl (C=O) groups excluding carboxylic acids is 2. The summed E-state index contributed by atoms with van der Waals surface area (Å²) in [5, 5.41) is 9.74. The first kappa shape index (κ1) is 25.0. The Morgan fingerprint density at radius 1 is 0.889 bits per heavy atom. The number of rotatable bonds is 8. The first-order chi connectivity index (χ1) is 17.2. The Labute approximate surface area is 210 Å². The lowest BCUT2D eigenvalue weighted by atomic mass is 9.98. The molecule has 1 amide bonds. The van der Waals surface area contributed by atoms with Gasteiger partial charge in [-0.05, 0) is 41.7 Å². The van der Waals surface area contributed by atoms with Crippen molar-refractivity contribution in [3.63, 3.8) is 0 Å². The Bertz CT molecular complexity index is 1220.